The summed E-state index contributed by atoms with van der Waals surface area (Å²) < 4.78 is 84.4. The van der Waals surface area contributed by atoms with E-state index in [9.17, 15) is 18.3 Å². The number of hydrogen-bond donors (Lipinski definition) is 1. The largest absolute Gasteiger partial charge is 0.508 e. The summed E-state index contributed by atoms with van der Waals surface area (Å²) in [5.41, 5.74) is -0.304. The van der Waals surface area contributed by atoms with Gasteiger partial charge >= 0.3 is 6.01 Å². The average Bonchev–Trinajstić information content (AvgIpc) is 3.87. The number of phenolic OH excluding ortho intramolecular Hbond substituents is 1. The fourth-order valence-electron chi connectivity index (χ4n) is 10.4. The van der Waals surface area contributed by atoms with Crippen LogP contribution < -0.4 is 9.64 Å². The van der Waals surface area contributed by atoms with Crippen LogP contribution in [0, 0.1) is 29.9 Å². The molecule has 0 amide bonds. The Labute approximate surface area is 314 Å². The van der Waals surface area contributed by atoms with Gasteiger partial charge in [0.15, 0.2) is 5.82 Å². The lowest BCUT2D eigenvalue weighted by atomic mass is 9.80. The van der Waals surface area contributed by atoms with Crippen LogP contribution in [-0.4, -0.2) is 104 Å². The zero-order valence-electron chi connectivity index (χ0n) is 30.3. The zero-order chi connectivity index (χ0) is 38.0. The highest BCUT2D eigenvalue weighted by Gasteiger charge is 2.52. The summed E-state index contributed by atoms with van der Waals surface area (Å²) in [4.78, 5) is 16.1. The van der Waals surface area contributed by atoms with Crippen molar-refractivity contribution in [1.29, 1.82) is 0 Å². The van der Waals surface area contributed by atoms with Gasteiger partial charge in [0.2, 0.25) is 0 Å². The molecule has 10 rings (SSSR count). The zero-order valence-corrected chi connectivity index (χ0v) is 30.3. The average molecular weight is 758 g/mol. The van der Waals surface area contributed by atoms with Crippen LogP contribution in [0.15, 0.2) is 30.5 Å². The van der Waals surface area contributed by atoms with Crippen LogP contribution in [0.1, 0.15) is 50.5 Å². The molecule has 55 heavy (non-hydrogen) atoms. The molecule has 0 radical (unpaired) electrons. The predicted octanol–water partition coefficient (Wildman–Crippen LogP) is 6.96. The second kappa shape index (κ2) is 12.4. The topological polar surface area (TPSA) is 82.8 Å². The van der Waals surface area contributed by atoms with Gasteiger partial charge in [0.05, 0.1) is 16.5 Å². The standard InChI is InChI=1S/C41H40F5N7O2/c1-3-28-31(43)8-5-22-13-27(54)14-29(32(22)28)33-35(44)37-34(30-20-50(2)49-36(30)33)38(48-39(47-37)55-21-40-10-4-12-52(40)17-24(42)15-40)51-18-25-6-7-26(19-51)53(25)16-23-9-11-41(23,45)46/h1,5,8,13-14,20,23-26,54H,4,6-7,9-12,15-19,21H2,2H3/t23?,24-,25?,26?,40+/m1/s1. The summed E-state index contributed by atoms with van der Waals surface area (Å²) in [6.07, 6.45) is 10.7. The van der Waals surface area contributed by atoms with Gasteiger partial charge in [-0.05, 0) is 67.8 Å². The minimum atomic E-state index is -2.64. The van der Waals surface area contributed by atoms with Crippen LogP contribution in [0.3, 0.4) is 0 Å². The van der Waals surface area contributed by atoms with Gasteiger partial charge in [0.25, 0.3) is 5.92 Å². The normalized spacial score (nSPS) is 27.6. The molecular formula is C41H40F5N7O2. The maximum Gasteiger partial charge on any atom is 0.319 e. The first kappa shape index (κ1) is 34.7. The number of piperazine rings is 1. The van der Waals surface area contributed by atoms with Gasteiger partial charge in [-0.3, -0.25) is 14.5 Å². The Morgan fingerprint density at radius 1 is 1.02 bits per heavy atom. The predicted molar refractivity (Wildman–Crippen MR) is 198 cm³/mol. The molecule has 3 unspecified atom stereocenters. The minimum absolute atomic E-state index is 0.000283. The Morgan fingerprint density at radius 3 is 2.55 bits per heavy atom. The molecule has 5 fully saturated rings. The fourth-order valence-corrected chi connectivity index (χ4v) is 10.4. The van der Waals surface area contributed by atoms with Crippen LogP contribution in [0.5, 0.6) is 11.8 Å². The van der Waals surface area contributed by atoms with Crippen LogP contribution in [0.4, 0.5) is 27.8 Å². The molecule has 9 nitrogen and oxygen atoms in total. The summed E-state index contributed by atoms with van der Waals surface area (Å²) in [5, 5.41) is 17.1. The van der Waals surface area contributed by atoms with E-state index >= 15 is 8.78 Å². The number of fused-ring (bicyclic) bond motifs is 7. The Hall–Kier alpha value is -4.74. The number of aromatic nitrogens is 4. The first-order valence-electron chi connectivity index (χ1n) is 19.1. The number of aromatic hydroxyl groups is 1. The first-order chi connectivity index (χ1) is 26.4. The maximum atomic E-state index is 17.7. The highest BCUT2D eigenvalue weighted by atomic mass is 19.3. The third-order valence-electron chi connectivity index (χ3n) is 13.1. The van der Waals surface area contributed by atoms with E-state index in [-0.39, 0.29) is 70.0 Å². The molecule has 2 bridgehead atoms. The molecule has 4 saturated heterocycles. The molecule has 5 aromatic rings. The van der Waals surface area contributed by atoms with Gasteiger partial charge in [-0.15, -0.1) is 6.42 Å². The Kier molecular flexibility index (Phi) is 7.82. The van der Waals surface area contributed by atoms with Crippen molar-refractivity contribution >= 4 is 38.4 Å². The minimum Gasteiger partial charge on any atom is -0.508 e. The summed E-state index contributed by atoms with van der Waals surface area (Å²) in [5.74, 6) is -2.09. The number of alkyl halides is 3. The van der Waals surface area contributed by atoms with Crippen molar-refractivity contribution in [3.05, 3.63) is 47.7 Å². The third-order valence-corrected chi connectivity index (χ3v) is 13.1. The number of phenols is 1. The van der Waals surface area contributed by atoms with E-state index < -0.39 is 35.2 Å². The summed E-state index contributed by atoms with van der Waals surface area (Å²) in [6.45, 7) is 2.53. The van der Waals surface area contributed by atoms with Crippen molar-refractivity contribution < 1.29 is 31.8 Å². The van der Waals surface area contributed by atoms with Gasteiger partial charge in [-0.25, -0.2) is 22.0 Å². The van der Waals surface area contributed by atoms with Gasteiger partial charge in [0.1, 0.15) is 41.2 Å². The molecule has 1 aliphatic carbocycles. The van der Waals surface area contributed by atoms with Crippen LogP contribution in [-0.2, 0) is 7.05 Å². The van der Waals surface area contributed by atoms with E-state index in [0.717, 1.165) is 32.2 Å². The quantitative estimate of drug-likeness (QED) is 0.141. The first-order valence-corrected chi connectivity index (χ1v) is 19.1. The molecule has 3 aromatic carbocycles. The molecule has 14 heteroatoms. The van der Waals surface area contributed by atoms with Crippen LogP contribution >= 0.6 is 0 Å². The van der Waals surface area contributed by atoms with E-state index in [1.54, 1.807) is 17.9 Å². The highest BCUT2D eigenvalue weighted by molar-refractivity contribution is 6.18. The van der Waals surface area contributed by atoms with Crippen molar-refractivity contribution in [2.45, 2.75) is 74.7 Å². The van der Waals surface area contributed by atoms with Gasteiger partial charge in [-0.2, -0.15) is 15.1 Å². The van der Waals surface area contributed by atoms with Gasteiger partial charge in [-0.1, -0.05) is 12.0 Å². The number of nitrogens with zero attached hydrogens (tertiary/aromatic N) is 7. The monoisotopic (exact) mass is 757 g/mol. The Bertz CT molecular complexity index is 2440. The lowest BCUT2D eigenvalue weighted by Gasteiger charge is -2.46. The summed E-state index contributed by atoms with van der Waals surface area (Å²) >= 11 is 0. The van der Waals surface area contributed by atoms with Crippen molar-refractivity contribution in [2.24, 2.45) is 13.0 Å². The molecule has 6 heterocycles. The number of ether oxygens (including phenoxy) is 1. The maximum absolute atomic E-state index is 17.7. The summed E-state index contributed by atoms with van der Waals surface area (Å²) in [7, 11) is 1.71. The Morgan fingerprint density at radius 2 is 1.82 bits per heavy atom. The second-order valence-electron chi connectivity index (χ2n) is 16.3. The van der Waals surface area contributed by atoms with E-state index in [0.29, 0.717) is 61.0 Å². The van der Waals surface area contributed by atoms with Crippen molar-refractivity contribution in [2.75, 3.05) is 44.2 Å². The number of halogens is 5. The lowest BCUT2D eigenvalue weighted by Crippen LogP contribution is -2.57. The van der Waals surface area contributed by atoms with Gasteiger partial charge < -0.3 is 14.7 Å². The molecule has 5 aliphatic rings. The second-order valence-corrected chi connectivity index (χ2v) is 16.3. The smallest absolute Gasteiger partial charge is 0.319 e. The van der Waals surface area contributed by atoms with E-state index in [1.165, 1.54) is 24.3 Å². The number of aryl methyl sites for hydroxylation is 1. The van der Waals surface area contributed by atoms with Crippen molar-refractivity contribution in [3.8, 4) is 35.2 Å². The van der Waals surface area contributed by atoms with E-state index in [1.807, 2.05) is 0 Å². The van der Waals surface area contributed by atoms with E-state index in [4.69, 9.17) is 26.2 Å². The molecule has 1 saturated carbocycles. The summed E-state index contributed by atoms with van der Waals surface area (Å²) in [6, 6.07) is 5.41. The highest BCUT2D eigenvalue weighted by Crippen LogP contribution is 2.48. The third kappa shape index (κ3) is 5.36. The van der Waals surface area contributed by atoms with Gasteiger partial charge in [0, 0.05) is 86.6 Å². The molecular weight excluding hydrogens is 717 g/mol. The number of benzene rings is 3. The van der Waals surface area contributed by atoms with E-state index in [2.05, 4.69) is 20.6 Å². The molecule has 286 valence electrons. The van der Waals surface area contributed by atoms with Crippen molar-refractivity contribution in [3.63, 3.8) is 0 Å². The SMILES string of the molecule is C#Cc1c(F)ccc2cc(O)cc(-c3c(F)c4nc(OC[C@@]56CCCN5C[C@H](F)C6)nc(N5CC6CCC(C5)N6CC5CCC5(F)F)c4c4cn(C)nc34)c12. The molecule has 4 aliphatic heterocycles. The number of terminal acetylenes is 1. The molecule has 0 spiro atoms. The molecule has 5 atom stereocenters. The number of hydrogen-bond acceptors (Lipinski definition) is 8. The van der Waals surface area contributed by atoms with Crippen LogP contribution in [0.25, 0.3) is 43.7 Å². The molecule has 1 N–H and O–H groups in total. The van der Waals surface area contributed by atoms with Crippen LogP contribution in [0.2, 0.25) is 0 Å². The molecule has 2 aromatic heterocycles. The fraction of sp³-hybridized carbons (Fsp3) is 0.488. The number of rotatable bonds is 7. The van der Waals surface area contributed by atoms with Crippen molar-refractivity contribution in [1.82, 2.24) is 29.5 Å². The Balaban J connectivity index is 1.15. The number of anilines is 1. The lowest BCUT2D eigenvalue weighted by molar-refractivity contribution is -0.143.